The van der Waals surface area contributed by atoms with Gasteiger partial charge in [-0.15, -0.1) is 0 Å². The van der Waals surface area contributed by atoms with Crippen LogP contribution in [0.25, 0.3) is 0 Å². The molecule has 0 unspecified atom stereocenters. The Morgan fingerprint density at radius 3 is 2.75 bits per heavy atom. The highest BCUT2D eigenvalue weighted by molar-refractivity contribution is 5.91. The van der Waals surface area contributed by atoms with Gasteiger partial charge in [0.05, 0.1) is 17.9 Å². The minimum atomic E-state index is -0.290. The molecule has 0 aliphatic rings. The van der Waals surface area contributed by atoms with E-state index in [-0.39, 0.29) is 5.97 Å². The van der Waals surface area contributed by atoms with Gasteiger partial charge in [-0.3, -0.25) is 4.68 Å². The van der Waals surface area contributed by atoms with Crippen LogP contribution in [0.3, 0.4) is 0 Å². The van der Waals surface area contributed by atoms with Crippen LogP contribution in [0.2, 0.25) is 0 Å². The Hall–Kier alpha value is -1.45. The maximum atomic E-state index is 11.6. The van der Waals surface area contributed by atoms with Crippen LogP contribution in [0.15, 0.2) is 6.07 Å². The Bertz CT molecular complexity index is 369. The molecular weight excluding hydrogens is 204 g/mol. The molecule has 2 N–H and O–H groups in total. The van der Waals surface area contributed by atoms with E-state index < -0.39 is 0 Å². The van der Waals surface area contributed by atoms with Crippen molar-refractivity contribution in [2.24, 2.45) is 0 Å². The quantitative estimate of drug-likeness (QED) is 0.615. The summed E-state index contributed by atoms with van der Waals surface area (Å²) >= 11 is 0. The zero-order valence-corrected chi connectivity index (χ0v) is 10.2. The molecular formula is C12H20N2O2. The minimum Gasteiger partial charge on any atom is -0.462 e. The first kappa shape index (κ1) is 12.6. The van der Waals surface area contributed by atoms with Gasteiger partial charge in [0.15, 0.2) is 0 Å². The molecule has 0 spiro atoms. The number of hydrogen-bond acceptors (Lipinski definition) is 3. The Morgan fingerprint density at radius 1 is 1.50 bits per heavy atom. The van der Waals surface area contributed by atoms with Crippen molar-refractivity contribution in [1.82, 2.24) is 4.68 Å². The molecule has 1 heterocycles. The molecule has 4 heteroatoms. The molecule has 90 valence electrons. The number of carbonyl (C=O) groups is 1. The van der Waals surface area contributed by atoms with Gasteiger partial charge in [-0.1, -0.05) is 13.3 Å². The summed E-state index contributed by atoms with van der Waals surface area (Å²) < 4.78 is 6.56. The summed E-state index contributed by atoms with van der Waals surface area (Å²) in [6, 6.07) is 1.84. The van der Waals surface area contributed by atoms with Gasteiger partial charge in [-0.05, 0) is 32.8 Å². The summed E-state index contributed by atoms with van der Waals surface area (Å²) in [5.41, 5.74) is 2.34. The van der Waals surface area contributed by atoms with Crippen molar-refractivity contribution in [3.8, 4) is 0 Å². The van der Waals surface area contributed by atoms with Gasteiger partial charge in [0, 0.05) is 5.69 Å². The number of rotatable bonds is 5. The Kier molecular flexibility index (Phi) is 4.40. The van der Waals surface area contributed by atoms with Crippen LogP contribution < -0.4 is 5.84 Å². The largest absolute Gasteiger partial charge is 0.462 e. The van der Waals surface area contributed by atoms with Gasteiger partial charge in [0.2, 0.25) is 0 Å². The highest BCUT2D eigenvalue weighted by Gasteiger charge is 2.16. The van der Waals surface area contributed by atoms with Crippen molar-refractivity contribution in [3.63, 3.8) is 0 Å². The fraction of sp³-hybridized carbons (Fsp3) is 0.583. The Labute approximate surface area is 96.4 Å². The van der Waals surface area contributed by atoms with Gasteiger partial charge < -0.3 is 10.6 Å². The molecule has 1 aromatic heterocycles. The number of nitrogen functional groups attached to an aromatic ring is 1. The number of nitrogens with two attached hydrogens (primary N) is 1. The van der Waals surface area contributed by atoms with Gasteiger partial charge in [0.1, 0.15) is 0 Å². The number of unbranched alkanes of at least 4 members (excludes halogenated alkanes) is 1. The van der Waals surface area contributed by atoms with E-state index in [1.54, 1.807) is 11.6 Å². The van der Waals surface area contributed by atoms with Crippen LogP contribution in [-0.4, -0.2) is 17.3 Å². The monoisotopic (exact) mass is 224 g/mol. The summed E-state index contributed by atoms with van der Waals surface area (Å²) in [4.78, 5) is 11.6. The first-order valence-electron chi connectivity index (χ1n) is 5.75. The zero-order valence-electron chi connectivity index (χ0n) is 10.2. The molecule has 0 aliphatic heterocycles. The molecule has 0 saturated carbocycles. The van der Waals surface area contributed by atoms with Gasteiger partial charge in [-0.25, -0.2) is 4.79 Å². The van der Waals surface area contributed by atoms with E-state index in [1.807, 2.05) is 13.0 Å². The fourth-order valence-corrected chi connectivity index (χ4v) is 1.65. The standard InChI is InChI=1S/C12H20N2O2/c1-4-6-7-10-8-11(9(3)14(10)13)12(15)16-5-2/h8H,4-7,13H2,1-3H3. The van der Waals surface area contributed by atoms with E-state index in [0.29, 0.717) is 12.2 Å². The molecule has 16 heavy (non-hydrogen) atoms. The molecule has 0 atom stereocenters. The van der Waals surface area contributed by atoms with E-state index in [1.165, 1.54) is 0 Å². The number of aryl methyl sites for hydroxylation is 1. The molecule has 1 rings (SSSR count). The van der Waals surface area contributed by atoms with Gasteiger partial charge >= 0.3 is 5.97 Å². The first-order chi connectivity index (χ1) is 7.61. The maximum Gasteiger partial charge on any atom is 0.340 e. The second-order valence-electron chi connectivity index (χ2n) is 3.83. The van der Waals surface area contributed by atoms with Crippen LogP contribution in [0, 0.1) is 6.92 Å². The highest BCUT2D eigenvalue weighted by Crippen LogP contribution is 2.15. The van der Waals surface area contributed by atoms with Gasteiger partial charge in [-0.2, -0.15) is 0 Å². The van der Waals surface area contributed by atoms with Crippen LogP contribution in [-0.2, 0) is 11.2 Å². The fourth-order valence-electron chi connectivity index (χ4n) is 1.65. The summed E-state index contributed by atoms with van der Waals surface area (Å²) in [6.45, 7) is 6.15. The van der Waals surface area contributed by atoms with E-state index in [9.17, 15) is 4.79 Å². The van der Waals surface area contributed by atoms with Crippen molar-refractivity contribution in [3.05, 3.63) is 23.0 Å². The lowest BCUT2D eigenvalue weighted by atomic mass is 10.2. The van der Waals surface area contributed by atoms with E-state index >= 15 is 0 Å². The minimum absolute atomic E-state index is 0.290. The number of hydrogen-bond donors (Lipinski definition) is 1. The molecule has 1 aromatic rings. The van der Waals surface area contributed by atoms with Crippen LogP contribution in [0.5, 0.6) is 0 Å². The summed E-state index contributed by atoms with van der Waals surface area (Å²) in [6.07, 6.45) is 3.08. The Morgan fingerprint density at radius 2 is 2.19 bits per heavy atom. The van der Waals surface area contributed by atoms with Crippen LogP contribution in [0.1, 0.15) is 48.4 Å². The maximum absolute atomic E-state index is 11.6. The molecule has 0 radical (unpaired) electrons. The number of ether oxygens (including phenoxy) is 1. The number of esters is 1. The summed E-state index contributed by atoms with van der Waals surface area (Å²) in [5.74, 6) is 5.60. The SMILES string of the molecule is CCCCc1cc(C(=O)OCC)c(C)n1N. The van der Waals surface area contributed by atoms with E-state index in [4.69, 9.17) is 10.6 Å². The average molecular weight is 224 g/mol. The van der Waals surface area contributed by atoms with E-state index in [0.717, 1.165) is 30.7 Å². The third-order valence-electron chi connectivity index (χ3n) is 2.65. The second-order valence-corrected chi connectivity index (χ2v) is 3.83. The molecule has 4 nitrogen and oxygen atoms in total. The highest BCUT2D eigenvalue weighted by atomic mass is 16.5. The van der Waals surface area contributed by atoms with Crippen molar-refractivity contribution in [2.45, 2.75) is 40.0 Å². The van der Waals surface area contributed by atoms with Crippen molar-refractivity contribution in [1.29, 1.82) is 0 Å². The molecule has 0 fully saturated rings. The van der Waals surface area contributed by atoms with Crippen molar-refractivity contribution in [2.75, 3.05) is 12.4 Å². The molecule has 0 aliphatic carbocycles. The average Bonchev–Trinajstić information content (AvgIpc) is 2.54. The van der Waals surface area contributed by atoms with Crippen LogP contribution in [0.4, 0.5) is 0 Å². The van der Waals surface area contributed by atoms with E-state index in [2.05, 4.69) is 6.92 Å². The molecule has 0 bridgehead atoms. The number of aromatic nitrogens is 1. The molecule has 0 saturated heterocycles. The van der Waals surface area contributed by atoms with Crippen molar-refractivity contribution >= 4 is 5.97 Å². The number of carbonyl (C=O) groups excluding carboxylic acids is 1. The van der Waals surface area contributed by atoms with Crippen LogP contribution >= 0.6 is 0 Å². The molecule has 0 amide bonds. The summed E-state index contributed by atoms with van der Waals surface area (Å²) in [7, 11) is 0. The lowest BCUT2D eigenvalue weighted by molar-refractivity contribution is 0.0525. The predicted molar refractivity (Wildman–Crippen MR) is 63.9 cm³/mol. The lowest BCUT2D eigenvalue weighted by Crippen LogP contribution is -2.15. The third-order valence-corrected chi connectivity index (χ3v) is 2.65. The third kappa shape index (κ3) is 2.56. The first-order valence-corrected chi connectivity index (χ1v) is 5.75. The lowest BCUT2D eigenvalue weighted by Gasteiger charge is -2.04. The number of nitrogens with zero attached hydrogens (tertiary/aromatic N) is 1. The van der Waals surface area contributed by atoms with Crippen molar-refractivity contribution < 1.29 is 9.53 Å². The summed E-state index contributed by atoms with van der Waals surface area (Å²) in [5, 5.41) is 0. The zero-order chi connectivity index (χ0) is 12.1. The normalized spacial score (nSPS) is 10.4. The Balaban J connectivity index is 2.90. The van der Waals surface area contributed by atoms with Gasteiger partial charge in [0.25, 0.3) is 0 Å². The topological polar surface area (TPSA) is 57.2 Å². The smallest absolute Gasteiger partial charge is 0.340 e. The predicted octanol–water partition coefficient (Wildman–Crippen LogP) is 2.03. The second kappa shape index (κ2) is 5.58. The molecule has 0 aromatic carbocycles.